The lowest BCUT2D eigenvalue weighted by Crippen LogP contribution is -2.11. The van der Waals surface area contributed by atoms with Gasteiger partial charge in [0.05, 0.1) is 6.67 Å². The van der Waals surface area contributed by atoms with Crippen molar-refractivity contribution in [2.75, 3.05) is 6.67 Å². The molecule has 0 radical (unpaired) electrons. The molecule has 0 aromatic rings. The largest absolute Gasteiger partial charge is 0.222 e. The van der Waals surface area contributed by atoms with Crippen LogP contribution in [0.2, 0.25) is 0 Å². The molecule has 0 aromatic heterocycles. The number of nitrogens with zero attached hydrogens (tertiary/aromatic N) is 2. The van der Waals surface area contributed by atoms with E-state index in [-0.39, 0.29) is 0 Å². The number of hydrogen-bond donors (Lipinski definition) is 0. The Morgan fingerprint density at radius 1 is 1.12 bits per heavy atom. The zero-order valence-corrected chi connectivity index (χ0v) is 5.46. The van der Waals surface area contributed by atoms with Gasteiger partial charge in [0.1, 0.15) is 0 Å². The van der Waals surface area contributed by atoms with Gasteiger partial charge >= 0.3 is 0 Å². The Morgan fingerprint density at radius 2 is 1.62 bits per heavy atom. The molecule has 0 spiro atoms. The van der Waals surface area contributed by atoms with E-state index in [2.05, 4.69) is 23.9 Å². The summed E-state index contributed by atoms with van der Waals surface area (Å²) < 4.78 is 0. The molecule has 0 saturated carbocycles. The highest BCUT2D eigenvalue weighted by Crippen LogP contribution is 2.33. The molecule has 2 unspecified atom stereocenters. The Bertz CT molecular complexity index is 97.1. The van der Waals surface area contributed by atoms with Crippen LogP contribution in [0.25, 0.3) is 0 Å². The van der Waals surface area contributed by atoms with E-state index in [0.29, 0.717) is 0 Å². The first kappa shape index (κ1) is 4.77. The fourth-order valence-corrected chi connectivity index (χ4v) is 1.64. The van der Waals surface area contributed by atoms with E-state index in [1.54, 1.807) is 0 Å². The summed E-state index contributed by atoms with van der Waals surface area (Å²) in [7, 11) is 0. The van der Waals surface area contributed by atoms with Crippen molar-refractivity contribution >= 4 is 0 Å². The first-order chi connectivity index (χ1) is 3.79. The van der Waals surface area contributed by atoms with E-state index in [1.807, 2.05) is 0 Å². The summed E-state index contributed by atoms with van der Waals surface area (Å²) in [5, 5.41) is 4.84. The lowest BCUT2D eigenvalue weighted by atomic mass is 10.1. The monoisotopic (exact) mass is 112 g/mol. The standard InChI is InChI=1S/C6H12N2/c1-5-3-6(2)8-4-7(5)8/h5-6H,3-4H2,1-2H3/t5-,6+,7?,8?. The highest BCUT2D eigenvalue weighted by molar-refractivity contribution is 4.89. The van der Waals surface area contributed by atoms with Gasteiger partial charge in [-0.2, -0.15) is 0 Å². The van der Waals surface area contributed by atoms with Gasteiger partial charge in [-0.3, -0.25) is 0 Å². The van der Waals surface area contributed by atoms with Crippen molar-refractivity contribution in [2.45, 2.75) is 32.4 Å². The van der Waals surface area contributed by atoms with Crippen molar-refractivity contribution in [2.24, 2.45) is 0 Å². The van der Waals surface area contributed by atoms with Gasteiger partial charge in [0.15, 0.2) is 0 Å². The van der Waals surface area contributed by atoms with Gasteiger partial charge in [0, 0.05) is 12.1 Å². The molecule has 2 saturated heterocycles. The summed E-state index contributed by atoms with van der Waals surface area (Å²) in [4.78, 5) is 0. The van der Waals surface area contributed by atoms with Gasteiger partial charge in [-0.05, 0) is 20.3 Å². The molecular formula is C6H12N2. The van der Waals surface area contributed by atoms with Gasteiger partial charge < -0.3 is 0 Å². The number of fused-ring (bicyclic) bond motifs is 1. The van der Waals surface area contributed by atoms with Crippen LogP contribution in [0.1, 0.15) is 20.3 Å². The predicted molar refractivity (Wildman–Crippen MR) is 32.1 cm³/mol. The average molecular weight is 112 g/mol. The number of hydrogen-bond acceptors (Lipinski definition) is 2. The van der Waals surface area contributed by atoms with Crippen LogP contribution in [-0.4, -0.2) is 28.8 Å². The zero-order valence-electron chi connectivity index (χ0n) is 5.46. The summed E-state index contributed by atoms with van der Waals surface area (Å²) in [6.45, 7) is 5.81. The highest BCUT2D eigenvalue weighted by Gasteiger charge is 2.45. The second kappa shape index (κ2) is 1.25. The third-order valence-electron chi connectivity index (χ3n) is 2.23. The van der Waals surface area contributed by atoms with E-state index in [4.69, 9.17) is 0 Å². The molecule has 0 amide bonds. The predicted octanol–water partition coefficient (Wildman–Crippen LogP) is 0.657. The van der Waals surface area contributed by atoms with E-state index >= 15 is 0 Å². The topological polar surface area (TPSA) is 6.02 Å². The molecule has 2 nitrogen and oxygen atoms in total. The molecule has 2 aliphatic heterocycles. The minimum Gasteiger partial charge on any atom is -0.222 e. The van der Waals surface area contributed by atoms with Crippen LogP contribution in [0.3, 0.4) is 0 Å². The fraction of sp³-hybridized carbons (Fsp3) is 1.00. The second-order valence-corrected chi connectivity index (χ2v) is 2.95. The molecule has 2 fully saturated rings. The molecule has 2 heteroatoms. The normalized spacial score (nSPS) is 60.8. The Hall–Kier alpha value is -0.0800. The van der Waals surface area contributed by atoms with Crippen LogP contribution in [0.4, 0.5) is 0 Å². The minimum atomic E-state index is 0.824. The van der Waals surface area contributed by atoms with Gasteiger partial charge in [0.2, 0.25) is 0 Å². The van der Waals surface area contributed by atoms with Crippen LogP contribution in [-0.2, 0) is 0 Å². The summed E-state index contributed by atoms with van der Waals surface area (Å²) in [5.74, 6) is 0. The molecule has 2 rings (SSSR count). The summed E-state index contributed by atoms with van der Waals surface area (Å²) in [6, 6.07) is 1.65. The lowest BCUT2D eigenvalue weighted by molar-refractivity contribution is 0.326. The maximum atomic E-state index is 2.42. The quantitative estimate of drug-likeness (QED) is 0.424. The van der Waals surface area contributed by atoms with Crippen LogP contribution >= 0.6 is 0 Å². The maximum absolute atomic E-state index is 2.42. The van der Waals surface area contributed by atoms with E-state index in [1.165, 1.54) is 13.1 Å². The molecule has 2 heterocycles. The average Bonchev–Trinajstić information content (AvgIpc) is 2.35. The van der Waals surface area contributed by atoms with Gasteiger partial charge in [-0.1, -0.05) is 0 Å². The van der Waals surface area contributed by atoms with Crippen LogP contribution < -0.4 is 0 Å². The Labute approximate surface area is 50.0 Å². The number of hydrazine groups is 1. The first-order valence-corrected chi connectivity index (χ1v) is 3.32. The summed E-state index contributed by atoms with van der Waals surface area (Å²) in [5.41, 5.74) is 0. The van der Waals surface area contributed by atoms with E-state index in [9.17, 15) is 0 Å². The smallest absolute Gasteiger partial charge is 0.0793 e. The van der Waals surface area contributed by atoms with Crippen molar-refractivity contribution in [3.8, 4) is 0 Å². The van der Waals surface area contributed by atoms with Crippen molar-refractivity contribution in [3.05, 3.63) is 0 Å². The SMILES string of the molecule is C[C@@H]1C[C@H](C)N2CN12. The van der Waals surface area contributed by atoms with Gasteiger partial charge in [-0.25, -0.2) is 10.0 Å². The van der Waals surface area contributed by atoms with Crippen molar-refractivity contribution in [1.29, 1.82) is 0 Å². The molecule has 0 bridgehead atoms. The fourth-order valence-electron chi connectivity index (χ4n) is 1.64. The van der Waals surface area contributed by atoms with Crippen molar-refractivity contribution < 1.29 is 0 Å². The molecule has 4 atom stereocenters. The van der Waals surface area contributed by atoms with E-state index < -0.39 is 0 Å². The molecule has 8 heavy (non-hydrogen) atoms. The maximum Gasteiger partial charge on any atom is 0.0793 e. The Morgan fingerprint density at radius 3 is 1.75 bits per heavy atom. The molecule has 0 aromatic carbocycles. The van der Waals surface area contributed by atoms with E-state index in [0.717, 1.165) is 12.1 Å². The van der Waals surface area contributed by atoms with Gasteiger partial charge in [0.25, 0.3) is 0 Å². The summed E-state index contributed by atoms with van der Waals surface area (Å²) >= 11 is 0. The first-order valence-electron chi connectivity index (χ1n) is 3.32. The molecule has 2 aliphatic rings. The zero-order chi connectivity index (χ0) is 5.72. The number of rotatable bonds is 0. The summed E-state index contributed by atoms with van der Waals surface area (Å²) in [6.07, 6.45) is 1.36. The van der Waals surface area contributed by atoms with Crippen LogP contribution in [0.5, 0.6) is 0 Å². The van der Waals surface area contributed by atoms with Crippen molar-refractivity contribution in [3.63, 3.8) is 0 Å². The minimum absolute atomic E-state index is 0.824. The Kier molecular flexibility index (Phi) is 0.746. The third kappa shape index (κ3) is 0.446. The molecule has 0 N–H and O–H groups in total. The highest BCUT2D eigenvalue weighted by atomic mass is 15.9. The van der Waals surface area contributed by atoms with Crippen molar-refractivity contribution in [1.82, 2.24) is 10.0 Å². The van der Waals surface area contributed by atoms with Crippen LogP contribution in [0, 0.1) is 0 Å². The van der Waals surface area contributed by atoms with Crippen LogP contribution in [0.15, 0.2) is 0 Å². The molecule has 46 valence electrons. The lowest BCUT2D eigenvalue weighted by Gasteiger charge is -2.02. The Balaban J connectivity index is 2.09. The third-order valence-corrected chi connectivity index (χ3v) is 2.23. The molecule has 0 aliphatic carbocycles. The second-order valence-electron chi connectivity index (χ2n) is 2.95. The van der Waals surface area contributed by atoms with Gasteiger partial charge in [-0.15, -0.1) is 0 Å². The molecular weight excluding hydrogens is 100 g/mol.